The third-order valence-electron chi connectivity index (χ3n) is 4.64. The minimum absolute atomic E-state index is 0.0273. The van der Waals surface area contributed by atoms with Gasteiger partial charge in [0.2, 0.25) is 15.9 Å². The van der Waals surface area contributed by atoms with E-state index >= 15 is 0 Å². The van der Waals surface area contributed by atoms with Crippen molar-refractivity contribution in [1.29, 1.82) is 0 Å². The summed E-state index contributed by atoms with van der Waals surface area (Å²) >= 11 is 13.8. The molecule has 1 aromatic carbocycles. The van der Waals surface area contributed by atoms with Crippen molar-refractivity contribution in [2.75, 3.05) is 37.7 Å². The second kappa shape index (κ2) is 8.05. The van der Waals surface area contributed by atoms with Gasteiger partial charge in [-0.25, -0.2) is 8.42 Å². The molecule has 1 aromatic rings. The van der Waals surface area contributed by atoms with E-state index in [2.05, 4.69) is 0 Å². The van der Waals surface area contributed by atoms with Gasteiger partial charge in [-0.2, -0.15) is 16.1 Å². The maximum absolute atomic E-state index is 12.8. The van der Waals surface area contributed by atoms with Crippen LogP contribution in [-0.4, -0.2) is 61.2 Å². The van der Waals surface area contributed by atoms with Gasteiger partial charge in [-0.1, -0.05) is 23.2 Å². The summed E-state index contributed by atoms with van der Waals surface area (Å²) in [5.74, 6) is 2.03. The van der Waals surface area contributed by atoms with Crippen LogP contribution in [0, 0.1) is 5.92 Å². The molecule has 0 spiro atoms. The number of piperidine rings is 1. The summed E-state index contributed by atoms with van der Waals surface area (Å²) in [6, 6.07) is 4.42. The SMILES string of the molecule is O=C(C1CCN(S(=O)(=O)c2cc(Cl)ccc2Cl)CC1)N1CCSCC1. The molecule has 1 amide bonds. The molecule has 0 radical (unpaired) electrons. The lowest BCUT2D eigenvalue weighted by Gasteiger charge is -2.35. The average molecular weight is 423 g/mol. The Morgan fingerprint density at radius 1 is 1.08 bits per heavy atom. The Labute approximate surface area is 162 Å². The number of halogens is 2. The van der Waals surface area contributed by atoms with E-state index in [0.717, 1.165) is 24.6 Å². The van der Waals surface area contributed by atoms with Gasteiger partial charge in [0, 0.05) is 48.6 Å². The van der Waals surface area contributed by atoms with E-state index in [1.165, 1.54) is 16.4 Å². The standard InChI is InChI=1S/C16H20Cl2N2O3S2/c17-13-1-2-14(18)15(11-13)25(22,23)20-5-3-12(4-6-20)16(21)19-7-9-24-10-8-19/h1-2,11-12H,3-10H2. The summed E-state index contributed by atoms with van der Waals surface area (Å²) in [5, 5.41) is 0.490. The highest BCUT2D eigenvalue weighted by atomic mass is 35.5. The van der Waals surface area contributed by atoms with Crippen molar-refractivity contribution in [2.45, 2.75) is 17.7 Å². The Morgan fingerprint density at radius 3 is 2.36 bits per heavy atom. The zero-order valence-corrected chi connectivity index (χ0v) is 16.8. The van der Waals surface area contributed by atoms with Crippen molar-refractivity contribution in [2.24, 2.45) is 5.92 Å². The minimum atomic E-state index is -3.70. The van der Waals surface area contributed by atoms with Crippen LogP contribution in [0.2, 0.25) is 10.0 Å². The highest BCUT2D eigenvalue weighted by molar-refractivity contribution is 7.99. The molecule has 3 rings (SSSR count). The second-order valence-electron chi connectivity index (χ2n) is 6.19. The summed E-state index contributed by atoms with van der Waals surface area (Å²) in [7, 11) is -3.70. The largest absolute Gasteiger partial charge is 0.341 e. The number of benzene rings is 1. The van der Waals surface area contributed by atoms with Crippen molar-refractivity contribution in [3.8, 4) is 0 Å². The van der Waals surface area contributed by atoms with Crippen LogP contribution in [0.4, 0.5) is 0 Å². The maximum atomic E-state index is 12.8. The van der Waals surface area contributed by atoms with Gasteiger partial charge in [0.25, 0.3) is 0 Å². The first kappa shape index (κ1) is 19.3. The molecule has 2 heterocycles. The third-order valence-corrected chi connectivity index (χ3v) is 8.19. The number of thioether (sulfide) groups is 1. The van der Waals surface area contributed by atoms with Gasteiger partial charge >= 0.3 is 0 Å². The molecule has 9 heteroatoms. The van der Waals surface area contributed by atoms with Gasteiger partial charge in [0.05, 0.1) is 5.02 Å². The molecular formula is C16H20Cl2N2O3S2. The number of rotatable bonds is 3. The molecule has 2 saturated heterocycles. The molecule has 0 saturated carbocycles. The fourth-order valence-electron chi connectivity index (χ4n) is 3.20. The smallest absolute Gasteiger partial charge is 0.244 e. The molecule has 0 unspecified atom stereocenters. The van der Waals surface area contributed by atoms with Crippen LogP contribution in [-0.2, 0) is 14.8 Å². The van der Waals surface area contributed by atoms with E-state index in [1.807, 2.05) is 16.7 Å². The van der Waals surface area contributed by atoms with Gasteiger partial charge in [-0.3, -0.25) is 4.79 Å². The zero-order chi connectivity index (χ0) is 18.0. The quantitative estimate of drug-likeness (QED) is 0.750. The summed E-state index contributed by atoms with van der Waals surface area (Å²) in [4.78, 5) is 14.5. The zero-order valence-electron chi connectivity index (χ0n) is 13.7. The van der Waals surface area contributed by atoms with E-state index in [1.54, 1.807) is 6.07 Å². The highest BCUT2D eigenvalue weighted by Gasteiger charge is 2.35. The van der Waals surface area contributed by atoms with Gasteiger partial charge in [0.15, 0.2) is 0 Å². The molecule has 0 atom stereocenters. The van der Waals surface area contributed by atoms with Crippen LogP contribution >= 0.6 is 35.0 Å². The van der Waals surface area contributed by atoms with Crippen molar-refractivity contribution in [1.82, 2.24) is 9.21 Å². The second-order valence-corrected chi connectivity index (χ2v) is 10.2. The number of hydrogen-bond acceptors (Lipinski definition) is 4. The molecule has 0 aliphatic carbocycles. The Kier molecular flexibility index (Phi) is 6.21. The summed E-state index contributed by atoms with van der Waals surface area (Å²) in [6.07, 6.45) is 1.08. The first-order chi connectivity index (χ1) is 11.9. The van der Waals surface area contributed by atoms with E-state index < -0.39 is 10.0 Å². The first-order valence-corrected chi connectivity index (χ1v) is 11.6. The van der Waals surface area contributed by atoms with E-state index in [4.69, 9.17) is 23.2 Å². The number of hydrogen-bond donors (Lipinski definition) is 0. The lowest BCUT2D eigenvalue weighted by molar-refractivity contribution is -0.136. The fourth-order valence-corrected chi connectivity index (χ4v) is 6.31. The van der Waals surface area contributed by atoms with Crippen LogP contribution in [0.1, 0.15) is 12.8 Å². The summed E-state index contributed by atoms with van der Waals surface area (Å²) in [5.41, 5.74) is 0. The Balaban J connectivity index is 1.67. The van der Waals surface area contributed by atoms with Gasteiger partial charge in [-0.05, 0) is 31.0 Å². The number of sulfonamides is 1. The molecule has 0 bridgehead atoms. The number of nitrogens with zero attached hydrogens (tertiary/aromatic N) is 2. The van der Waals surface area contributed by atoms with E-state index in [9.17, 15) is 13.2 Å². The predicted molar refractivity (Wildman–Crippen MR) is 102 cm³/mol. The van der Waals surface area contributed by atoms with Gasteiger partial charge in [-0.15, -0.1) is 0 Å². The van der Waals surface area contributed by atoms with Crippen molar-refractivity contribution < 1.29 is 13.2 Å². The number of amides is 1. The molecule has 0 aromatic heterocycles. The molecule has 2 fully saturated rings. The van der Waals surface area contributed by atoms with Crippen LogP contribution < -0.4 is 0 Å². The molecule has 25 heavy (non-hydrogen) atoms. The van der Waals surface area contributed by atoms with E-state index in [-0.39, 0.29) is 21.7 Å². The number of carbonyl (C=O) groups excluding carboxylic acids is 1. The predicted octanol–water partition coefficient (Wildman–Crippen LogP) is 2.97. The van der Waals surface area contributed by atoms with Crippen LogP contribution in [0.15, 0.2) is 23.1 Å². The maximum Gasteiger partial charge on any atom is 0.244 e. The van der Waals surface area contributed by atoms with Gasteiger partial charge < -0.3 is 4.90 Å². The highest BCUT2D eigenvalue weighted by Crippen LogP contribution is 2.31. The van der Waals surface area contributed by atoms with Crippen molar-refractivity contribution in [3.05, 3.63) is 28.2 Å². The number of carbonyl (C=O) groups is 1. The summed E-state index contributed by atoms with van der Waals surface area (Å²) < 4.78 is 27.0. The lowest BCUT2D eigenvalue weighted by Crippen LogP contribution is -2.46. The van der Waals surface area contributed by atoms with Crippen LogP contribution in [0.5, 0.6) is 0 Å². The Bertz CT molecular complexity index is 744. The third kappa shape index (κ3) is 4.27. The monoisotopic (exact) mass is 422 g/mol. The molecular weight excluding hydrogens is 403 g/mol. The first-order valence-electron chi connectivity index (χ1n) is 8.21. The topological polar surface area (TPSA) is 57.7 Å². The molecule has 2 aliphatic heterocycles. The Hall–Kier alpha value is -0.470. The fraction of sp³-hybridized carbons (Fsp3) is 0.562. The Morgan fingerprint density at radius 2 is 1.72 bits per heavy atom. The van der Waals surface area contributed by atoms with E-state index in [0.29, 0.717) is 31.0 Å². The van der Waals surface area contributed by atoms with Crippen LogP contribution in [0.3, 0.4) is 0 Å². The normalized spacial score (nSPS) is 20.6. The minimum Gasteiger partial charge on any atom is -0.341 e. The average Bonchev–Trinajstić information content (AvgIpc) is 2.64. The molecule has 0 N–H and O–H groups in total. The lowest BCUT2D eigenvalue weighted by atomic mass is 9.96. The van der Waals surface area contributed by atoms with Crippen LogP contribution in [0.25, 0.3) is 0 Å². The van der Waals surface area contributed by atoms with Crippen molar-refractivity contribution in [3.63, 3.8) is 0 Å². The molecule has 5 nitrogen and oxygen atoms in total. The van der Waals surface area contributed by atoms with Gasteiger partial charge in [0.1, 0.15) is 4.90 Å². The molecule has 138 valence electrons. The summed E-state index contributed by atoms with van der Waals surface area (Å²) in [6.45, 7) is 2.23. The van der Waals surface area contributed by atoms with Crippen molar-refractivity contribution >= 4 is 50.9 Å². The molecule has 2 aliphatic rings.